The number of nitrogens with two attached hydrogens (primary N) is 1. The highest BCUT2D eigenvalue weighted by Crippen LogP contribution is 2.33. The van der Waals surface area contributed by atoms with Crippen LogP contribution in [-0.4, -0.2) is 37.1 Å². The van der Waals surface area contributed by atoms with Crippen LogP contribution in [0.2, 0.25) is 0 Å². The van der Waals surface area contributed by atoms with Crippen LogP contribution in [0.15, 0.2) is 48.5 Å². The average molecular weight is 913 g/mol. The van der Waals surface area contributed by atoms with E-state index in [-0.39, 0.29) is 0 Å². The molecule has 45 heavy (non-hydrogen) atoms. The van der Waals surface area contributed by atoms with Gasteiger partial charge in [0.2, 0.25) is 11.9 Å². The van der Waals surface area contributed by atoms with Crippen LogP contribution in [0.5, 0.6) is 0 Å². The predicted molar refractivity (Wildman–Crippen MR) is 169 cm³/mol. The maximum Gasteiger partial charge on any atom is 0.436 e. The zero-order valence-corrected chi connectivity index (χ0v) is 28.7. The number of alkyl halides is 7. The van der Waals surface area contributed by atoms with E-state index in [1.165, 1.54) is 12.4 Å². The molecule has 20 heteroatoms. The number of aryl methyl sites for hydroxylation is 2. The smallest absolute Gasteiger partial charge is 0.398 e. The highest BCUT2D eigenvalue weighted by atomic mass is 127. The summed E-state index contributed by atoms with van der Waals surface area (Å²) in [6.07, 6.45) is -8.35. The molecule has 0 atom stereocenters. The maximum atomic E-state index is 13.7. The highest BCUT2D eigenvalue weighted by Gasteiger charge is 2.42. The molecule has 0 radical (unpaired) electrons. The fourth-order valence-corrected chi connectivity index (χ4v) is 4.08. The van der Waals surface area contributed by atoms with Crippen molar-refractivity contribution in [2.45, 2.75) is 12.4 Å². The first-order valence-corrected chi connectivity index (χ1v) is 14.8. The quantitative estimate of drug-likeness (QED) is 0.0711. The number of amides is 1. The lowest BCUT2D eigenvalue weighted by molar-refractivity contribution is -0.142. The average Bonchev–Trinajstić information content (AvgIpc) is 3.44. The monoisotopic (exact) mass is 912 g/mol. The van der Waals surface area contributed by atoms with Gasteiger partial charge in [0.05, 0.1) is 5.69 Å². The second kappa shape index (κ2) is 17.3. The lowest BCUT2D eigenvalue weighted by Crippen LogP contribution is -2.19. The zero-order chi connectivity index (χ0) is 34.9. The van der Waals surface area contributed by atoms with Gasteiger partial charge in [-0.1, -0.05) is 24.3 Å². The number of carbonyl (C=O) groups is 2. The van der Waals surface area contributed by atoms with Crippen LogP contribution in [0.1, 0.15) is 32.1 Å². The van der Waals surface area contributed by atoms with Crippen molar-refractivity contribution in [1.29, 1.82) is 0 Å². The minimum Gasteiger partial charge on any atom is -0.398 e. The van der Waals surface area contributed by atoms with E-state index in [1.54, 1.807) is 18.2 Å². The van der Waals surface area contributed by atoms with Crippen molar-refractivity contribution < 1.29 is 44.7 Å². The third kappa shape index (κ3) is 11.2. The summed E-state index contributed by atoms with van der Waals surface area (Å²) in [7, 11) is 1.93. The summed E-state index contributed by atoms with van der Waals surface area (Å²) in [5.41, 5.74) is 1.13. The number of anilines is 2. The van der Waals surface area contributed by atoms with E-state index in [1.807, 2.05) is 46.9 Å². The van der Waals surface area contributed by atoms with Crippen LogP contribution in [0.25, 0.3) is 0 Å². The van der Waals surface area contributed by atoms with Crippen molar-refractivity contribution in [3.05, 3.63) is 90.1 Å². The molecule has 0 bridgehead atoms. The second-order valence-corrected chi connectivity index (χ2v) is 10.7. The van der Waals surface area contributed by atoms with Gasteiger partial charge in [0.15, 0.2) is 11.4 Å². The highest BCUT2D eigenvalue weighted by molar-refractivity contribution is 14.1. The molecule has 0 aliphatic heterocycles. The number of hydrogen-bond acceptors (Lipinski definition) is 5. The Bertz CT molecular complexity index is 1610. The fourth-order valence-electron chi connectivity index (χ4n) is 3.00. The van der Waals surface area contributed by atoms with Crippen molar-refractivity contribution in [3.63, 3.8) is 0 Å². The van der Waals surface area contributed by atoms with E-state index in [4.69, 9.17) is 17.3 Å². The number of nitrogens with one attached hydrogen (secondary N) is 1. The molecule has 2 heterocycles. The molecule has 0 spiro atoms. The van der Waals surface area contributed by atoms with Gasteiger partial charge in [-0.25, -0.2) is 9.36 Å². The van der Waals surface area contributed by atoms with E-state index in [0.29, 0.717) is 18.6 Å². The third-order valence-electron chi connectivity index (χ3n) is 4.94. The molecule has 0 aliphatic rings. The van der Waals surface area contributed by atoms with E-state index < -0.39 is 57.9 Å². The SMILES string of the molecule is CCl.Cn1nc(C(F)(F)F)c(C(=O)Cl)c1F.Cn1nc(C(F)(F)F)c(C(=O)Nc2ccccc2I)c1F.Nc1ccccc1I. The van der Waals surface area contributed by atoms with Gasteiger partial charge in [0.25, 0.3) is 11.1 Å². The molecule has 4 aromatic rings. The van der Waals surface area contributed by atoms with E-state index >= 15 is 0 Å². The molecule has 8 nitrogen and oxygen atoms in total. The molecule has 0 fully saturated rings. The lowest BCUT2D eigenvalue weighted by atomic mass is 10.2. The maximum absolute atomic E-state index is 13.7. The summed E-state index contributed by atoms with van der Waals surface area (Å²) in [6, 6.07) is 14.2. The Labute approximate surface area is 287 Å². The van der Waals surface area contributed by atoms with Gasteiger partial charge in [-0.3, -0.25) is 9.59 Å². The van der Waals surface area contributed by atoms with Crippen LogP contribution in [0.3, 0.4) is 0 Å². The third-order valence-corrected chi connectivity index (χ3v) is 7.05. The molecular weight excluding hydrogens is 893 g/mol. The Kier molecular flexibility index (Phi) is 15.5. The molecule has 0 aliphatic carbocycles. The van der Waals surface area contributed by atoms with Crippen molar-refractivity contribution in [2.75, 3.05) is 17.4 Å². The number of halogens is 12. The molecule has 2 aromatic carbocycles. The lowest BCUT2D eigenvalue weighted by Gasteiger charge is -2.08. The summed E-state index contributed by atoms with van der Waals surface area (Å²) in [5.74, 6) is -3.94. The summed E-state index contributed by atoms with van der Waals surface area (Å²) in [4.78, 5) is 22.5. The normalized spacial score (nSPS) is 10.8. The molecule has 0 saturated heterocycles. The summed E-state index contributed by atoms with van der Waals surface area (Å²) >= 11 is 13.5. The van der Waals surface area contributed by atoms with Crippen LogP contribution in [0, 0.1) is 19.0 Å². The van der Waals surface area contributed by atoms with Crippen LogP contribution >= 0.6 is 68.4 Å². The van der Waals surface area contributed by atoms with Crippen LogP contribution < -0.4 is 11.1 Å². The Hall–Kier alpha value is -2.72. The van der Waals surface area contributed by atoms with E-state index in [9.17, 15) is 44.7 Å². The molecule has 246 valence electrons. The van der Waals surface area contributed by atoms with Gasteiger partial charge in [0.1, 0.15) is 11.1 Å². The van der Waals surface area contributed by atoms with Crippen LogP contribution in [-0.2, 0) is 26.4 Å². The number of aromatic nitrogens is 4. The van der Waals surface area contributed by atoms with Crippen LogP contribution in [0.4, 0.5) is 46.5 Å². The first kappa shape index (κ1) is 40.3. The molecule has 0 saturated carbocycles. The summed E-state index contributed by atoms with van der Waals surface area (Å²) in [6.45, 7) is 0. The van der Waals surface area contributed by atoms with Crippen molar-refractivity contribution in [2.24, 2.45) is 14.1 Å². The minimum atomic E-state index is -4.92. The van der Waals surface area contributed by atoms with Crippen molar-refractivity contribution in [3.8, 4) is 0 Å². The predicted octanol–water partition coefficient (Wildman–Crippen LogP) is 8.12. The van der Waals surface area contributed by atoms with Gasteiger partial charge in [0, 0.05) is 33.3 Å². The first-order valence-electron chi connectivity index (χ1n) is 11.5. The van der Waals surface area contributed by atoms with Gasteiger partial charge in [-0.15, -0.1) is 11.6 Å². The van der Waals surface area contributed by atoms with Gasteiger partial charge in [-0.2, -0.15) is 45.3 Å². The number of hydrogen-bond donors (Lipinski definition) is 2. The Balaban J connectivity index is 0.000000362. The first-order chi connectivity index (χ1) is 20.8. The van der Waals surface area contributed by atoms with E-state index in [0.717, 1.165) is 23.4 Å². The number of nitrogen functional groups attached to an aromatic ring is 1. The fraction of sp³-hybridized carbons (Fsp3) is 0.200. The number of benzene rings is 2. The molecular formula is C25H20Cl2F8I2N6O2. The van der Waals surface area contributed by atoms with Gasteiger partial charge < -0.3 is 11.1 Å². The van der Waals surface area contributed by atoms with E-state index in [2.05, 4.69) is 49.7 Å². The zero-order valence-electron chi connectivity index (χ0n) is 22.8. The van der Waals surface area contributed by atoms with Gasteiger partial charge >= 0.3 is 12.4 Å². The Morgan fingerprint density at radius 1 is 0.778 bits per heavy atom. The standard InChI is InChI=1S/C12H8F4IN3O.C6H3ClF4N2O.C6H6IN.CH3Cl/c1-20-10(13)8(9(19-20)12(14,15)16)11(21)18-7-5-3-2-4-6(7)17;1-13-5(8)2(4(7)14)3(12-13)6(9,10)11;7-5-3-1-2-4-6(5)8;1-2/h2-5H,1H3,(H,18,21);1H3;1-4H,8H2;1H3. The largest absolute Gasteiger partial charge is 0.436 e. The number of rotatable bonds is 3. The molecule has 3 N–H and O–H groups in total. The minimum absolute atomic E-state index is 0.291. The summed E-state index contributed by atoms with van der Waals surface area (Å²) in [5, 5.41) is 6.56. The molecule has 0 unspecified atom stereocenters. The number of nitrogens with zero attached hydrogens (tertiary/aromatic N) is 4. The Morgan fingerprint density at radius 2 is 1.18 bits per heavy atom. The van der Waals surface area contributed by atoms with Gasteiger partial charge in [-0.05, 0) is 81.0 Å². The van der Waals surface area contributed by atoms with Crippen molar-refractivity contribution >= 4 is 90.9 Å². The summed E-state index contributed by atoms with van der Waals surface area (Å²) < 4.78 is 104. The topological polar surface area (TPSA) is 108 Å². The second-order valence-electron chi connectivity index (χ2n) is 8.00. The molecule has 1 amide bonds. The molecule has 2 aromatic heterocycles. The number of para-hydroxylation sites is 2. The Morgan fingerprint density at radius 3 is 1.53 bits per heavy atom. The van der Waals surface area contributed by atoms with Crippen molar-refractivity contribution in [1.82, 2.24) is 19.6 Å². The molecule has 4 rings (SSSR count). The number of carbonyl (C=O) groups excluding carboxylic acids is 2.